The molecule has 0 radical (unpaired) electrons. The molecule has 1 aromatic rings. The van der Waals surface area contributed by atoms with Crippen molar-refractivity contribution >= 4 is 11.3 Å². The highest BCUT2D eigenvalue weighted by Crippen LogP contribution is 2.14. The molecule has 2 unspecified atom stereocenters. The second-order valence-corrected chi connectivity index (χ2v) is 5.72. The molecule has 0 aliphatic heterocycles. The number of hydrogen-bond donors (Lipinski definition) is 2. The van der Waals surface area contributed by atoms with Gasteiger partial charge in [-0.3, -0.25) is 0 Å². The Morgan fingerprint density at radius 3 is 2.95 bits per heavy atom. The van der Waals surface area contributed by atoms with E-state index in [0.717, 1.165) is 18.0 Å². The molecule has 1 aromatic heterocycles. The molecule has 110 valence electrons. The molecule has 0 spiro atoms. The average Bonchev–Trinajstić information content (AvgIpc) is 2.94. The predicted molar refractivity (Wildman–Crippen MR) is 79.5 cm³/mol. The third-order valence-corrected chi connectivity index (χ3v) is 3.89. The second-order valence-electron chi connectivity index (χ2n) is 4.79. The number of nitrogens with zero attached hydrogens (tertiary/aromatic N) is 1. The molecule has 19 heavy (non-hydrogen) atoms. The monoisotopic (exact) mass is 286 g/mol. The van der Waals surface area contributed by atoms with Crippen LogP contribution >= 0.6 is 11.3 Å². The third kappa shape index (κ3) is 7.62. The first-order valence-electron chi connectivity index (χ1n) is 7.12. The zero-order valence-corrected chi connectivity index (χ0v) is 12.8. The summed E-state index contributed by atoms with van der Waals surface area (Å²) in [6.07, 6.45) is 6.15. The maximum Gasteiger partial charge on any atom is 0.109 e. The van der Waals surface area contributed by atoms with Crippen LogP contribution < -0.4 is 5.32 Å². The molecule has 2 N–H and O–H groups in total. The molecule has 1 rings (SSSR count). The van der Waals surface area contributed by atoms with E-state index in [1.54, 1.807) is 17.5 Å². The maximum absolute atomic E-state index is 9.79. The molecule has 0 saturated heterocycles. The number of aliphatic hydroxyl groups is 1. The molecule has 0 aromatic carbocycles. The van der Waals surface area contributed by atoms with Gasteiger partial charge in [-0.2, -0.15) is 0 Å². The van der Waals surface area contributed by atoms with E-state index in [4.69, 9.17) is 4.74 Å². The van der Waals surface area contributed by atoms with Crippen molar-refractivity contribution in [1.82, 2.24) is 10.3 Å². The Morgan fingerprint density at radius 2 is 2.26 bits per heavy atom. The van der Waals surface area contributed by atoms with Gasteiger partial charge in [0.1, 0.15) is 5.01 Å². The fraction of sp³-hybridized carbons (Fsp3) is 0.786. The lowest BCUT2D eigenvalue weighted by atomic mass is 10.2. The van der Waals surface area contributed by atoms with Crippen LogP contribution in [0, 0.1) is 0 Å². The quantitative estimate of drug-likeness (QED) is 0.614. The molecule has 0 saturated carbocycles. The first-order valence-corrected chi connectivity index (χ1v) is 8.00. The molecule has 0 aliphatic carbocycles. The molecular weight excluding hydrogens is 260 g/mol. The highest BCUT2D eigenvalue weighted by Gasteiger charge is 2.10. The summed E-state index contributed by atoms with van der Waals surface area (Å²) < 4.78 is 5.46. The highest BCUT2D eigenvalue weighted by molar-refractivity contribution is 7.09. The van der Waals surface area contributed by atoms with Gasteiger partial charge in [-0.25, -0.2) is 4.98 Å². The van der Waals surface area contributed by atoms with E-state index >= 15 is 0 Å². The molecule has 4 nitrogen and oxygen atoms in total. The van der Waals surface area contributed by atoms with Gasteiger partial charge >= 0.3 is 0 Å². The van der Waals surface area contributed by atoms with Gasteiger partial charge in [0.15, 0.2) is 0 Å². The molecule has 0 bridgehead atoms. The highest BCUT2D eigenvalue weighted by atomic mass is 32.1. The van der Waals surface area contributed by atoms with E-state index < -0.39 is 6.10 Å². The van der Waals surface area contributed by atoms with Gasteiger partial charge in [0.05, 0.1) is 18.8 Å². The van der Waals surface area contributed by atoms with E-state index in [1.165, 1.54) is 19.3 Å². The Morgan fingerprint density at radius 1 is 1.42 bits per heavy atom. The van der Waals surface area contributed by atoms with Crippen molar-refractivity contribution in [2.45, 2.75) is 51.7 Å². The van der Waals surface area contributed by atoms with Crippen molar-refractivity contribution in [3.63, 3.8) is 0 Å². The standard InChI is InChI=1S/C14H26N2O2S/c1-3-4-5-6-8-18-11-13(17)10-16-12(2)14-15-7-9-19-14/h7,9,12-13,16-17H,3-6,8,10-11H2,1-2H3. The summed E-state index contributed by atoms with van der Waals surface area (Å²) in [6.45, 7) is 5.94. The Labute approximate surface area is 120 Å². The van der Waals surface area contributed by atoms with Crippen LogP contribution in [-0.4, -0.2) is 36.0 Å². The molecule has 0 amide bonds. The van der Waals surface area contributed by atoms with Crippen molar-refractivity contribution in [3.05, 3.63) is 16.6 Å². The summed E-state index contributed by atoms with van der Waals surface area (Å²) in [4.78, 5) is 4.24. The van der Waals surface area contributed by atoms with E-state index in [9.17, 15) is 5.11 Å². The number of thiazole rings is 1. The minimum atomic E-state index is -0.450. The van der Waals surface area contributed by atoms with Crippen molar-refractivity contribution < 1.29 is 9.84 Å². The largest absolute Gasteiger partial charge is 0.389 e. The van der Waals surface area contributed by atoms with E-state index in [2.05, 4.69) is 24.1 Å². The predicted octanol–water partition coefficient (Wildman–Crippen LogP) is 2.75. The van der Waals surface area contributed by atoms with Crippen LogP contribution in [-0.2, 0) is 4.74 Å². The van der Waals surface area contributed by atoms with Crippen molar-refractivity contribution in [1.29, 1.82) is 0 Å². The summed E-state index contributed by atoms with van der Waals surface area (Å²) in [5.74, 6) is 0. The lowest BCUT2D eigenvalue weighted by molar-refractivity contribution is 0.0343. The van der Waals surface area contributed by atoms with Crippen LogP contribution in [0.2, 0.25) is 0 Å². The fourth-order valence-electron chi connectivity index (χ4n) is 1.76. The van der Waals surface area contributed by atoms with Crippen LogP contribution in [0.15, 0.2) is 11.6 Å². The van der Waals surface area contributed by atoms with E-state index in [-0.39, 0.29) is 6.04 Å². The van der Waals surface area contributed by atoms with Crippen LogP contribution in [0.4, 0.5) is 0 Å². The molecule has 0 aliphatic rings. The smallest absolute Gasteiger partial charge is 0.109 e. The molecule has 2 atom stereocenters. The zero-order valence-electron chi connectivity index (χ0n) is 12.0. The number of ether oxygens (including phenoxy) is 1. The lowest BCUT2D eigenvalue weighted by Gasteiger charge is -2.15. The second kappa shape index (κ2) is 10.3. The fourth-order valence-corrected chi connectivity index (χ4v) is 2.43. The van der Waals surface area contributed by atoms with Gasteiger partial charge in [-0.05, 0) is 13.3 Å². The van der Waals surface area contributed by atoms with Crippen LogP contribution in [0.25, 0.3) is 0 Å². The minimum Gasteiger partial charge on any atom is -0.389 e. The summed E-state index contributed by atoms with van der Waals surface area (Å²) in [5.41, 5.74) is 0. The van der Waals surface area contributed by atoms with Gasteiger partial charge in [-0.15, -0.1) is 11.3 Å². The number of nitrogens with one attached hydrogen (secondary N) is 1. The van der Waals surface area contributed by atoms with Crippen LogP contribution in [0.5, 0.6) is 0 Å². The van der Waals surface area contributed by atoms with Gasteiger partial charge in [-0.1, -0.05) is 26.2 Å². The average molecular weight is 286 g/mol. The van der Waals surface area contributed by atoms with E-state index in [0.29, 0.717) is 13.2 Å². The number of aromatic nitrogens is 1. The SMILES string of the molecule is CCCCCCOCC(O)CNC(C)c1nccs1. The Bertz CT molecular complexity index is 306. The Balaban J connectivity index is 2.00. The van der Waals surface area contributed by atoms with Crippen molar-refractivity contribution in [2.24, 2.45) is 0 Å². The zero-order chi connectivity index (χ0) is 13.9. The molecule has 1 heterocycles. The maximum atomic E-state index is 9.79. The molecule has 0 fully saturated rings. The van der Waals surface area contributed by atoms with Gasteiger partial charge in [0.25, 0.3) is 0 Å². The summed E-state index contributed by atoms with van der Waals surface area (Å²) in [5, 5.41) is 16.1. The molecule has 5 heteroatoms. The van der Waals surface area contributed by atoms with Crippen LogP contribution in [0.3, 0.4) is 0 Å². The normalized spacial score (nSPS) is 14.5. The number of hydrogen-bond acceptors (Lipinski definition) is 5. The summed E-state index contributed by atoms with van der Waals surface area (Å²) >= 11 is 1.63. The van der Waals surface area contributed by atoms with Gasteiger partial charge < -0.3 is 15.2 Å². The Kier molecular flexibility index (Phi) is 8.99. The lowest BCUT2D eigenvalue weighted by Crippen LogP contribution is -2.32. The third-order valence-electron chi connectivity index (χ3n) is 2.93. The van der Waals surface area contributed by atoms with Crippen LogP contribution in [0.1, 0.15) is 50.6 Å². The first-order chi connectivity index (χ1) is 9.24. The van der Waals surface area contributed by atoms with Crippen molar-refractivity contribution in [3.8, 4) is 0 Å². The topological polar surface area (TPSA) is 54.4 Å². The number of rotatable bonds is 11. The Hall–Kier alpha value is -0.490. The van der Waals surface area contributed by atoms with Gasteiger partial charge in [0, 0.05) is 24.7 Å². The number of unbranched alkanes of at least 4 members (excludes halogenated alkanes) is 3. The van der Waals surface area contributed by atoms with Gasteiger partial charge in [0.2, 0.25) is 0 Å². The first kappa shape index (κ1) is 16.6. The van der Waals surface area contributed by atoms with E-state index in [1.807, 2.05) is 5.38 Å². The number of aliphatic hydroxyl groups excluding tert-OH is 1. The van der Waals surface area contributed by atoms with Crippen molar-refractivity contribution in [2.75, 3.05) is 19.8 Å². The molecular formula is C14H26N2O2S. The minimum absolute atomic E-state index is 0.180. The summed E-state index contributed by atoms with van der Waals surface area (Å²) in [7, 11) is 0. The summed E-state index contributed by atoms with van der Waals surface area (Å²) in [6, 6.07) is 0.180.